The number of hydrogen-bond acceptors (Lipinski definition) is 3. The van der Waals surface area contributed by atoms with Gasteiger partial charge in [-0.05, 0) is 70.3 Å². The summed E-state index contributed by atoms with van der Waals surface area (Å²) >= 11 is 1.88. The average molecular weight is 491 g/mol. The summed E-state index contributed by atoms with van der Waals surface area (Å²) in [6.45, 7) is 0. The third-order valence-electron chi connectivity index (χ3n) is 7.58. The predicted molar refractivity (Wildman–Crippen MR) is 159 cm³/mol. The third kappa shape index (κ3) is 3.08. The molecule has 1 atom stereocenters. The number of thiophene rings is 1. The van der Waals surface area contributed by atoms with Crippen molar-refractivity contribution in [2.75, 3.05) is 5.32 Å². The van der Waals surface area contributed by atoms with E-state index in [9.17, 15) is 0 Å². The van der Waals surface area contributed by atoms with Gasteiger partial charge in [0.15, 0.2) is 0 Å². The van der Waals surface area contributed by atoms with E-state index in [1.165, 1.54) is 48.0 Å². The molecule has 37 heavy (non-hydrogen) atoms. The highest BCUT2D eigenvalue weighted by molar-refractivity contribution is 7.26. The predicted octanol–water partition coefficient (Wildman–Crippen LogP) is 9.11. The van der Waals surface area contributed by atoms with Gasteiger partial charge < -0.3 is 5.32 Å². The van der Waals surface area contributed by atoms with Gasteiger partial charge in [0, 0.05) is 20.2 Å². The Kier molecular flexibility index (Phi) is 4.34. The zero-order valence-corrected chi connectivity index (χ0v) is 20.8. The van der Waals surface area contributed by atoms with Crippen molar-refractivity contribution >= 4 is 54.2 Å². The van der Waals surface area contributed by atoms with Crippen LogP contribution in [-0.2, 0) is 0 Å². The Morgan fingerprint density at radius 3 is 2.57 bits per heavy atom. The molecule has 0 amide bonds. The van der Waals surface area contributed by atoms with Gasteiger partial charge in [-0.1, -0.05) is 85.0 Å². The molecule has 5 aromatic rings. The summed E-state index contributed by atoms with van der Waals surface area (Å²) in [6, 6.07) is 32.6. The molecule has 0 radical (unpaired) electrons. The lowest BCUT2D eigenvalue weighted by Crippen LogP contribution is -2.48. The van der Waals surface area contributed by atoms with E-state index in [0.29, 0.717) is 0 Å². The van der Waals surface area contributed by atoms with Crippen LogP contribution in [0.1, 0.15) is 5.56 Å². The van der Waals surface area contributed by atoms with Crippen molar-refractivity contribution in [1.29, 1.82) is 0 Å². The normalized spacial score (nSPS) is 19.4. The summed E-state index contributed by atoms with van der Waals surface area (Å²) in [7, 11) is 0. The Balaban J connectivity index is 1.28. The molecule has 1 N–H and O–H groups in total. The van der Waals surface area contributed by atoms with Gasteiger partial charge in [-0.15, -0.1) is 11.3 Å². The topological polar surface area (TPSA) is 24.4 Å². The van der Waals surface area contributed by atoms with Crippen molar-refractivity contribution < 1.29 is 0 Å². The molecule has 3 heteroatoms. The summed E-state index contributed by atoms with van der Waals surface area (Å²) in [6.07, 6.45) is 13.2. The number of fused-ring (bicyclic) bond motifs is 4. The first-order valence-corrected chi connectivity index (χ1v) is 13.4. The van der Waals surface area contributed by atoms with E-state index < -0.39 is 5.54 Å². The zero-order chi connectivity index (χ0) is 24.4. The van der Waals surface area contributed by atoms with Crippen LogP contribution < -0.4 is 5.32 Å². The van der Waals surface area contributed by atoms with E-state index in [2.05, 4.69) is 127 Å². The smallest absolute Gasteiger partial charge is 0.124 e. The van der Waals surface area contributed by atoms with E-state index >= 15 is 0 Å². The molecule has 4 aromatic carbocycles. The van der Waals surface area contributed by atoms with Crippen LogP contribution in [-0.4, -0.2) is 11.3 Å². The average Bonchev–Trinajstić information content (AvgIpc) is 3.34. The van der Waals surface area contributed by atoms with Crippen molar-refractivity contribution in [3.63, 3.8) is 0 Å². The number of nitrogens with zero attached hydrogens (tertiary/aromatic N) is 1. The van der Waals surface area contributed by atoms with Gasteiger partial charge in [-0.25, -0.2) is 4.99 Å². The maximum atomic E-state index is 5.12. The van der Waals surface area contributed by atoms with Crippen molar-refractivity contribution in [3.05, 3.63) is 139 Å². The van der Waals surface area contributed by atoms with Crippen LogP contribution >= 0.6 is 11.3 Å². The maximum Gasteiger partial charge on any atom is 0.124 e. The first kappa shape index (κ1) is 20.7. The summed E-state index contributed by atoms with van der Waals surface area (Å²) in [5.74, 6) is 0. The largest absolute Gasteiger partial charge is 0.365 e. The Morgan fingerprint density at radius 2 is 1.57 bits per heavy atom. The van der Waals surface area contributed by atoms with Crippen LogP contribution in [0.25, 0.3) is 36.9 Å². The molecule has 2 aliphatic carbocycles. The molecule has 3 aliphatic rings. The Morgan fingerprint density at radius 1 is 0.730 bits per heavy atom. The first-order valence-electron chi connectivity index (χ1n) is 12.6. The molecular formula is C34H22N2S. The van der Waals surface area contributed by atoms with Crippen molar-refractivity contribution in [1.82, 2.24) is 0 Å². The fourth-order valence-electron chi connectivity index (χ4n) is 5.78. The number of nitrogens with one attached hydrogen (secondary N) is 1. The summed E-state index contributed by atoms with van der Waals surface area (Å²) < 4.78 is 2.67. The lowest BCUT2D eigenvalue weighted by Gasteiger charge is -2.41. The highest BCUT2D eigenvalue weighted by Crippen LogP contribution is 2.44. The second kappa shape index (κ2) is 7.76. The lowest BCUT2D eigenvalue weighted by atomic mass is 9.74. The molecule has 0 fully saturated rings. The Bertz CT molecular complexity index is 1910. The second-order valence-corrected chi connectivity index (χ2v) is 10.8. The highest BCUT2D eigenvalue weighted by atomic mass is 32.1. The quantitative estimate of drug-likeness (QED) is 0.262. The number of para-hydroxylation sites is 2. The van der Waals surface area contributed by atoms with E-state index in [4.69, 9.17) is 4.99 Å². The molecule has 2 nitrogen and oxygen atoms in total. The molecule has 174 valence electrons. The van der Waals surface area contributed by atoms with E-state index in [1.807, 2.05) is 17.4 Å². The molecule has 1 spiro atoms. The summed E-state index contributed by atoms with van der Waals surface area (Å²) in [5, 5.41) is 6.43. The van der Waals surface area contributed by atoms with E-state index in [-0.39, 0.29) is 0 Å². The molecular weight excluding hydrogens is 468 g/mol. The summed E-state index contributed by atoms with van der Waals surface area (Å²) in [4.78, 5) is 5.12. The zero-order valence-electron chi connectivity index (χ0n) is 20.0. The highest BCUT2D eigenvalue weighted by Gasteiger charge is 2.41. The number of hydrogen-bond donors (Lipinski definition) is 1. The second-order valence-electron chi connectivity index (χ2n) is 9.73. The molecule has 2 heterocycles. The fourth-order valence-corrected chi connectivity index (χ4v) is 7.02. The molecule has 0 bridgehead atoms. The van der Waals surface area contributed by atoms with Gasteiger partial charge in [0.1, 0.15) is 5.54 Å². The van der Waals surface area contributed by atoms with Crippen LogP contribution in [0.3, 0.4) is 0 Å². The van der Waals surface area contributed by atoms with Gasteiger partial charge in [0.2, 0.25) is 0 Å². The number of aliphatic imine (C=N–C) groups is 1. The minimum atomic E-state index is -0.424. The minimum absolute atomic E-state index is 0.424. The van der Waals surface area contributed by atoms with Crippen LogP contribution in [0.15, 0.2) is 138 Å². The van der Waals surface area contributed by atoms with E-state index in [0.717, 1.165) is 17.1 Å². The van der Waals surface area contributed by atoms with Gasteiger partial charge in [-0.3, -0.25) is 0 Å². The van der Waals surface area contributed by atoms with Crippen LogP contribution in [0.5, 0.6) is 0 Å². The molecule has 1 unspecified atom stereocenters. The molecule has 8 rings (SSSR count). The standard InChI is InChI=1S/C34H22N2S/c1-4-17-31-27(12-1)28-14-8-13-26(33(28)37-31)23-10-7-9-22(19-23)24-20-25-11-5-6-18-34(25)32(21-24)35-29-15-2-3-16-30(29)36-34/h1-21,36H. The van der Waals surface area contributed by atoms with Crippen LogP contribution in [0, 0.1) is 0 Å². The summed E-state index contributed by atoms with van der Waals surface area (Å²) in [5.41, 5.74) is 8.74. The molecule has 1 aromatic heterocycles. The van der Waals surface area contributed by atoms with Gasteiger partial charge in [0.05, 0.1) is 17.1 Å². The molecule has 1 aliphatic heterocycles. The monoisotopic (exact) mass is 490 g/mol. The van der Waals surface area contributed by atoms with Gasteiger partial charge >= 0.3 is 0 Å². The lowest BCUT2D eigenvalue weighted by molar-refractivity contribution is 0.883. The Hall–Kier alpha value is -4.47. The SMILES string of the molecule is C1=CC2=CC(c3cccc(-c4cccc5c4sc4ccccc45)c3)=CC3=Nc4ccccc4NC23C=C1. The number of rotatable bonds is 2. The van der Waals surface area contributed by atoms with Gasteiger partial charge in [-0.2, -0.15) is 0 Å². The van der Waals surface area contributed by atoms with Crippen molar-refractivity contribution in [2.24, 2.45) is 4.99 Å². The van der Waals surface area contributed by atoms with Crippen molar-refractivity contribution in [2.45, 2.75) is 5.54 Å². The molecule has 0 saturated carbocycles. The number of anilines is 1. The Labute approximate surface area is 219 Å². The number of allylic oxidation sites excluding steroid dienone is 4. The van der Waals surface area contributed by atoms with Gasteiger partial charge in [0.25, 0.3) is 0 Å². The fraction of sp³-hybridized carbons (Fsp3) is 0.0294. The van der Waals surface area contributed by atoms with E-state index in [1.54, 1.807) is 0 Å². The minimum Gasteiger partial charge on any atom is -0.365 e. The van der Waals surface area contributed by atoms with Crippen LogP contribution in [0.2, 0.25) is 0 Å². The molecule has 0 saturated heterocycles. The first-order chi connectivity index (χ1) is 18.3. The number of benzene rings is 4. The van der Waals surface area contributed by atoms with Crippen LogP contribution in [0.4, 0.5) is 11.4 Å². The maximum absolute atomic E-state index is 5.12. The van der Waals surface area contributed by atoms with Crippen molar-refractivity contribution in [3.8, 4) is 11.1 Å². The third-order valence-corrected chi connectivity index (χ3v) is 8.80.